The first-order valence-corrected chi connectivity index (χ1v) is 10.5. The summed E-state index contributed by atoms with van der Waals surface area (Å²) in [6.45, 7) is 0.632. The molecular weight excluding hydrogens is 410 g/mol. The molecule has 6 heteroatoms. The van der Waals surface area contributed by atoms with Crippen molar-refractivity contribution in [3.05, 3.63) is 95.9 Å². The zero-order chi connectivity index (χ0) is 22.1. The Morgan fingerprint density at radius 2 is 1.91 bits per heavy atom. The van der Waals surface area contributed by atoms with E-state index in [-0.39, 0.29) is 11.9 Å². The molecule has 1 unspecified atom stereocenters. The number of amides is 1. The molecule has 1 aromatic heterocycles. The summed E-state index contributed by atoms with van der Waals surface area (Å²) in [5.41, 5.74) is 2.96. The lowest BCUT2D eigenvalue weighted by atomic mass is 10.0. The molecule has 0 N–H and O–H groups in total. The Labute approximate surface area is 183 Å². The van der Waals surface area contributed by atoms with E-state index in [1.807, 2.05) is 30.3 Å². The van der Waals surface area contributed by atoms with Crippen molar-refractivity contribution < 1.29 is 18.0 Å². The molecule has 1 fully saturated rings. The van der Waals surface area contributed by atoms with Crippen molar-refractivity contribution in [1.82, 2.24) is 9.88 Å². The molecule has 32 heavy (non-hydrogen) atoms. The highest BCUT2D eigenvalue weighted by Crippen LogP contribution is 2.35. The number of hydrogen-bond donors (Lipinski definition) is 0. The predicted molar refractivity (Wildman–Crippen MR) is 119 cm³/mol. The maximum atomic E-state index is 14.2. The van der Waals surface area contributed by atoms with E-state index < -0.39 is 11.6 Å². The van der Waals surface area contributed by atoms with Crippen LogP contribution in [0.5, 0.6) is 0 Å². The summed E-state index contributed by atoms with van der Waals surface area (Å²) < 4.78 is 33.4. The molecule has 160 valence electrons. The quantitative estimate of drug-likeness (QED) is 0.365. The number of rotatable bonds is 4. The standard InChI is InChI=1S/C26H20F2N2O2/c27-19-10-11-20(21(28)16-19)18-9-12-24-22(15-18)29-26(32-24)23-7-4-14-30(23)25(31)13-8-17-5-2-1-3-6-17/h1-3,5-6,8-13,15-16,23H,4,7,14H2/b13-8+. The Hall–Kier alpha value is -3.80. The fourth-order valence-corrected chi connectivity index (χ4v) is 4.09. The van der Waals surface area contributed by atoms with Gasteiger partial charge in [0.05, 0.1) is 0 Å². The van der Waals surface area contributed by atoms with E-state index in [1.54, 1.807) is 35.3 Å². The van der Waals surface area contributed by atoms with Gasteiger partial charge in [0.2, 0.25) is 11.8 Å². The zero-order valence-electron chi connectivity index (χ0n) is 17.2. The highest BCUT2D eigenvalue weighted by molar-refractivity contribution is 5.92. The van der Waals surface area contributed by atoms with Gasteiger partial charge < -0.3 is 9.32 Å². The van der Waals surface area contributed by atoms with Crippen molar-refractivity contribution in [2.45, 2.75) is 18.9 Å². The summed E-state index contributed by atoms with van der Waals surface area (Å²) in [6.07, 6.45) is 5.00. The third kappa shape index (κ3) is 3.91. The van der Waals surface area contributed by atoms with E-state index in [4.69, 9.17) is 4.42 Å². The molecule has 4 aromatic rings. The molecule has 0 radical (unpaired) electrons. The highest BCUT2D eigenvalue weighted by atomic mass is 19.1. The minimum absolute atomic E-state index is 0.0901. The number of carbonyl (C=O) groups excluding carboxylic acids is 1. The third-order valence-electron chi connectivity index (χ3n) is 5.69. The molecule has 2 heterocycles. The predicted octanol–water partition coefficient (Wildman–Crippen LogP) is 6.15. The molecule has 1 aliphatic rings. The number of aromatic nitrogens is 1. The Bertz CT molecular complexity index is 1310. The van der Waals surface area contributed by atoms with E-state index in [9.17, 15) is 13.6 Å². The van der Waals surface area contributed by atoms with E-state index >= 15 is 0 Å². The molecule has 0 saturated carbocycles. The van der Waals surface area contributed by atoms with Crippen LogP contribution in [-0.4, -0.2) is 22.3 Å². The Kier molecular flexibility index (Phi) is 5.27. The second kappa shape index (κ2) is 8.38. The largest absolute Gasteiger partial charge is 0.438 e. The van der Waals surface area contributed by atoms with Gasteiger partial charge in [0.15, 0.2) is 5.58 Å². The third-order valence-corrected chi connectivity index (χ3v) is 5.69. The van der Waals surface area contributed by atoms with E-state index in [2.05, 4.69) is 4.98 Å². The Balaban J connectivity index is 1.41. The molecule has 4 nitrogen and oxygen atoms in total. The molecule has 0 spiro atoms. The highest BCUT2D eigenvalue weighted by Gasteiger charge is 2.32. The van der Waals surface area contributed by atoms with Gasteiger partial charge in [-0.05, 0) is 54.3 Å². The van der Waals surface area contributed by atoms with Crippen molar-refractivity contribution in [3.63, 3.8) is 0 Å². The van der Waals surface area contributed by atoms with Crippen LogP contribution in [0.15, 0.2) is 77.2 Å². The monoisotopic (exact) mass is 430 g/mol. The minimum atomic E-state index is -0.633. The Morgan fingerprint density at radius 1 is 1.06 bits per heavy atom. The van der Waals surface area contributed by atoms with Gasteiger partial charge in [0.1, 0.15) is 23.2 Å². The summed E-state index contributed by atoms with van der Waals surface area (Å²) >= 11 is 0. The summed E-state index contributed by atoms with van der Waals surface area (Å²) in [5.74, 6) is -0.877. The molecule has 0 bridgehead atoms. The van der Waals surface area contributed by atoms with Crippen LogP contribution in [0.2, 0.25) is 0 Å². The number of likely N-dealkylation sites (tertiary alicyclic amines) is 1. The summed E-state index contributed by atoms with van der Waals surface area (Å²) in [6, 6.07) is 18.1. The second-order valence-corrected chi connectivity index (χ2v) is 7.79. The number of halogens is 2. The topological polar surface area (TPSA) is 46.3 Å². The van der Waals surface area contributed by atoms with Gasteiger partial charge in [0.25, 0.3) is 0 Å². The maximum absolute atomic E-state index is 14.2. The van der Waals surface area contributed by atoms with Crippen LogP contribution < -0.4 is 0 Å². The Morgan fingerprint density at radius 3 is 2.72 bits per heavy atom. The molecule has 3 aromatic carbocycles. The van der Waals surface area contributed by atoms with Gasteiger partial charge in [-0.15, -0.1) is 0 Å². The lowest BCUT2D eigenvalue weighted by Gasteiger charge is -2.20. The number of benzene rings is 3. The lowest BCUT2D eigenvalue weighted by Crippen LogP contribution is -2.29. The fourth-order valence-electron chi connectivity index (χ4n) is 4.09. The van der Waals surface area contributed by atoms with Crippen LogP contribution in [0, 0.1) is 11.6 Å². The number of oxazole rings is 1. The minimum Gasteiger partial charge on any atom is -0.438 e. The van der Waals surface area contributed by atoms with Gasteiger partial charge >= 0.3 is 0 Å². The zero-order valence-corrected chi connectivity index (χ0v) is 17.2. The normalized spacial score (nSPS) is 16.3. The van der Waals surface area contributed by atoms with Crippen molar-refractivity contribution in [2.24, 2.45) is 0 Å². The van der Waals surface area contributed by atoms with Crippen LogP contribution in [0.3, 0.4) is 0 Å². The van der Waals surface area contributed by atoms with Crippen LogP contribution >= 0.6 is 0 Å². The fraction of sp³-hybridized carbons (Fsp3) is 0.154. The summed E-state index contributed by atoms with van der Waals surface area (Å²) in [5, 5.41) is 0. The number of hydrogen-bond acceptors (Lipinski definition) is 3. The van der Waals surface area contributed by atoms with Gasteiger partial charge in [-0.1, -0.05) is 36.4 Å². The summed E-state index contributed by atoms with van der Waals surface area (Å²) in [7, 11) is 0. The molecule has 1 aliphatic heterocycles. The van der Waals surface area contributed by atoms with Crippen LogP contribution in [0.1, 0.15) is 30.3 Å². The van der Waals surface area contributed by atoms with Gasteiger partial charge in [-0.3, -0.25) is 4.79 Å². The first-order valence-electron chi connectivity index (χ1n) is 10.5. The van der Waals surface area contributed by atoms with E-state index in [1.165, 1.54) is 12.1 Å². The van der Waals surface area contributed by atoms with Gasteiger partial charge in [0, 0.05) is 24.3 Å². The first kappa shape index (κ1) is 20.1. The summed E-state index contributed by atoms with van der Waals surface area (Å²) in [4.78, 5) is 19.2. The van der Waals surface area contributed by atoms with Gasteiger partial charge in [-0.25, -0.2) is 13.8 Å². The maximum Gasteiger partial charge on any atom is 0.247 e. The van der Waals surface area contributed by atoms with Crippen molar-refractivity contribution in [2.75, 3.05) is 6.54 Å². The molecule has 1 amide bonds. The van der Waals surface area contributed by atoms with Gasteiger partial charge in [-0.2, -0.15) is 0 Å². The average Bonchev–Trinajstić information content (AvgIpc) is 3.44. The SMILES string of the molecule is O=C(/C=C/c1ccccc1)N1CCCC1c1nc2cc(-c3ccc(F)cc3F)ccc2o1. The van der Waals surface area contributed by atoms with Crippen molar-refractivity contribution >= 4 is 23.1 Å². The number of fused-ring (bicyclic) bond motifs is 1. The van der Waals surface area contributed by atoms with Crippen molar-refractivity contribution in [1.29, 1.82) is 0 Å². The average molecular weight is 430 g/mol. The smallest absolute Gasteiger partial charge is 0.247 e. The van der Waals surface area contributed by atoms with Crippen LogP contribution in [-0.2, 0) is 4.79 Å². The lowest BCUT2D eigenvalue weighted by molar-refractivity contribution is -0.127. The molecular formula is C26H20F2N2O2. The second-order valence-electron chi connectivity index (χ2n) is 7.79. The first-order chi connectivity index (χ1) is 15.6. The number of carbonyl (C=O) groups is 1. The van der Waals surface area contributed by atoms with E-state index in [0.717, 1.165) is 24.5 Å². The van der Waals surface area contributed by atoms with Crippen LogP contribution in [0.4, 0.5) is 8.78 Å². The van der Waals surface area contributed by atoms with E-state index in [0.29, 0.717) is 34.7 Å². The van der Waals surface area contributed by atoms with Crippen LogP contribution in [0.25, 0.3) is 28.3 Å². The van der Waals surface area contributed by atoms with Crippen molar-refractivity contribution in [3.8, 4) is 11.1 Å². The number of nitrogens with zero attached hydrogens (tertiary/aromatic N) is 2. The molecule has 5 rings (SSSR count). The molecule has 1 saturated heterocycles. The molecule has 0 aliphatic carbocycles. The molecule has 1 atom stereocenters.